The van der Waals surface area contributed by atoms with Crippen LogP contribution in [-0.2, 0) is 4.79 Å². The smallest absolute Gasteiger partial charge is 0.259 e. The molecule has 2 aromatic rings. The van der Waals surface area contributed by atoms with Crippen LogP contribution in [0.2, 0.25) is 0 Å². The van der Waals surface area contributed by atoms with Gasteiger partial charge in [-0.05, 0) is 30.3 Å². The molecule has 0 saturated carbocycles. The fraction of sp³-hybridized carbons (Fsp3) is 0. The van der Waals surface area contributed by atoms with Gasteiger partial charge in [0.2, 0.25) is 0 Å². The number of carbonyl (C=O) groups is 1. The minimum atomic E-state index is -0.311. The average Bonchev–Trinajstić information content (AvgIpc) is 2.74. The maximum absolute atomic E-state index is 11.6. The molecule has 1 amide bonds. The molecule has 0 fully saturated rings. The van der Waals surface area contributed by atoms with Crippen LogP contribution in [0, 0.1) is 0 Å². The van der Waals surface area contributed by atoms with Gasteiger partial charge in [0.25, 0.3) is 5.91 Å². The minimum absolute atomic E-state index is 0.244. The predicted molar refractivity (Wildman–Crippen MR) is 72.2 cm³/mol. The molecule has 0 atom stereocenters. The fourth-order valence-corrected chi connectivity index (χ4v) is 1.98. The van der Waals surface area contributed by atoms with Crippen molar-refractivity contribution in [1.82, 2.24) is 0 Å². The Hall–Kier alpha value is -2.75. The molecular formula is C15H11NO3. The SMILES string of the molecule is O=C1Nc2ccc(Oc3ccccc3)cc2C1=CO. The third kappa shape index (κ3) is 2.04. The number of para-hydroxylation sites is 1. The first kappa shape index (κ1) is 11.3. The van der Waals surface area contributed by atoms with E-state index in [2.05, 4.69) is 5.32 Å². The first-order valence-electron chi connectivity index (χ1n) is 5.81. The second kappa shape index (κ2) is 4.49. The third-order valence-corrected chi connectivity index (χ3v) is 2.88. The highest BCUT2D eigenvalue weighted by Gasteiger charge is 2.24. The highest BCUT2D eigenvalue weighted by molar-refractivity contribution is 6.31. The standard InChI is InChI=1S/C15H11NO3/c17-9-13-12-8-11(6-7-14(12)16-15(13)18)19-10-4-2-1-3-5-10/h1-9,17H,(H,16,18). The van der Waals surface area contributed by atoms with Crippen LogP contribution in [0.25, 0.3) is 5.57 Å². The minimum Gasteiger partial charge on any atom is -0.515 e. The van der Waals surface area contributed by atoms with E-state index in [0.29, 0.717) is 22.7 Å². The summed E-state index contributed by atoms with van der Waals surface area (Å²) in [4.78, 5) is 11.6. The molecular weight excluding hydrogens is 242 g/mol. The number of anilines is 1. The molecule has 19 heavy (non-hydrogen) atoms. The van der Waals surface area contributed by atoms with E-state index in [1.165, 1.54) is 0 Å². The first-order chi connectivity index (χ1) is 9.28. The molecule has 0 aromatic heterocycles. The summed E-state index contributed by atoms with van der Waals surface area (Å²) in [6, 6.07) is 14.6. The van der Waals surface area contributed by atoms with E-state index in [4.69, 9.17) is 9.84 Å². The van der Waals surface area contributed by atoms with Crippen LogP contribution in [0.15, 0.2) is 54.8 Å². The van der Waals surface area contributed by atoms with Crippen molar-refractivity contribution in [3.63, 3.8) is 0 Å². The van der Waals surface area contributed by atoms with E-state index in [9.17, 15) is 4.79 Å². The summed E-state index contributed by atoms with van der Waals surface area (Å²) in [5, 5.41) is 11.8. The van der Waals surface area contributed by atoms with Gasteiger partial charge < -0.3 is 15.2 Å². The summed E-state index contributed by atoms with van der Waals surface area (Å²) in [6.45, 7) is 0. The van der Waals surface area contributed by atoms with Crippen molar-refractivity contribution >= 4 is 17.2 Å². The number of hydrogen-bond acceptors (Lipinski definition) is 3. The van der Waals surface area contributed by atoms with Crippen LogP contribution in [0.1, 0.15) is 5.56 Å². The van der Waals surface area contributed by atoms with Crippen molar-refractivity contribution in [1.29, 1.82) is 0 Å². The largest absolute Gasteiger partial charge is 0.515 e. The van der Waals surface area contributed by atoms with Gasteiger partial charge in [-0.15, -0.1) is 0 Å². The zero-order valence-corrected chi connectivity index (χ0v) is 9.96. The molecule has 2 N–H and O–H groups in total. The molecule has 0 bridgehead atoms. The molecule has 0 spiro atoms. The Kier molecular flexibility index (Phi) is 2.68. The Balaban J connectivity index is 1.95. The molecule has 4 nitrogen and oxygen atoms in total. The van der Waals surface area contributed by atoms with Gasteiger partial charge in [-0.25, -0.2) is 0 Å². The lowest BCUT2D eigenvalue weighted by Crippen LogP contribution is -2.03. The van der Waals surface area contributed by atoms with Crippen molar-refractivity contribution in [3.8, 4) is 11.5 Å². The Morgan fingerprint density at radius 1 is 1.05 bits per heavy atom. The number of aliphatic hydroxyl groups excluding tert-OH is 1. The van der Waals surface area contributed by atoms with Gasteiger partial charge in [-0.3, -0.25) is 4.79 Å². The molecule has 0 unspecified atom stereocenters. The molecule has 94 valence electrons. The van der Waals surface area contributed by atoms with Gasteiger partial charge in [0.1, 0.15) is 11.5 Å². The molecule has 1 aliphatic heterocycles. The van der Waals surface area contributed by atoms with Crippen LogP contribution in [-0.4, -0.2) is 11.0 Å². The quantitative estimate of drug-likeness (QED) is 0.637. The fourth-order valence-electron chi connectivity index (χ4n) is 1.98. The van der Waals surface area contributed by atoms with Crippen molar-refractivity contribution in [2.75, 3.05) is 5.32 Å². The lowest BCUT2D eigenvalue weighted by Gasteiger charge is -2.07. The highest BCUT2D eigenvalue weighted by Crippen LogP contribution is 2.35. The normalized spacial score (nSPS) is 15.2. The topological polar surface area (TPSA) is 58.6 Å². The summed E-state index contributed by atoms with van der Waals surface area (Å²) >= 11 is 0. The summed E-state index contributed by atoms with van der Waals surface area (Å²) < 4.78 is 5.68. The molecule has 1 heterocycles. The molecule has 2 aromatic carbocycles. The van der Waals surface area contributed by atoms with Crippen LogP contribution < -0.4 is 10.1 Å². The van der Waals surface area contributed by atoms with Crippen molar-refractivity contribution in [2.45, 2.75) is 0 Å². The van der Waals surface area contributed by atoms with E-state index in [1.54, 1.807) is 18.2 Å². The summed E-state index contributed by atoms with van der Waals surface area (Å²) in [5.74, 6) is 1.02. The Bertz CT molecular complexity index is 662. The second-order valence-corrected chi connectivity index (χ2v) is 4.12. The van der Waals surface area contributed by atoms with Gasteiger partial charge in [0.15, 0.2) is 0 Å². The van der Waals surface area contributed by atoms with Gasteiger partial charge in [0, 0.05) is 11.3 Å². The Morgan fingerprint density at radius 3 is 2.58 bits per heavy atom. The summed E-state index contributed by atoms with van der Waals surface area (Å²) in [7, 11) is 0. The van der Waals surface area contributed by atoms with E-state index >= 15 is 0 Å². The third-order valence-electron chi connectivity index (χ3n) is 2.88. The zero-order valence-electron chi connectivity index (χ0n) is 9.96. The van der Waals surface area contributed by atoms with Crippen molar-refractivity contribution < 1.29 is 14.6 Å². The van der Waals surface area contributed by atoms with Gasteiger partial charge >= 0.3 is 0 Å². The second-order valence-electron chi connectivity index (χ2n) is 4.12. The maximum atomic E-state index is 11.6. The maximum Gasteiger partial charge on any atom is 0.259 e. The average molecular weight is 253 g/mol. The lowest BCUT2D eigenvalue weighted by atomic mass is 10.1. The summed E-state index contributed by atoms with van der Waals surface area (Å²) in [6.07, 6.45) is 0.813. The molecule has 1 aliphatic rings. The number of aliphatic hydroxyl groups is 1. The van der Waals surface area contributed by atoms with E-state index in [0.717, 1.165) is 6.26 Å². The number of fused-ring (bicyclic) bond motifs is 1. The number of amides is 1. The van der Waals surface area contributed by atoms with Gasteiger partial charge in [-0.1, -0.05) is 18.2 Å². The molecule has 0 saturated heterocycles. The molecule has 0 radical (unpaired) electrons. The zero-order chi connectivity index (χ0) is 13.2. The first-order valence-corrected chi connectivity index (χ1v) is 5.81. The van der Waals surface area contributed by atoms with Gasteiger partial charge in [0.05, 0.1) is 11.8 Å². The number of rotatable bonds is 2. The predicted octanol–water partition coefficient (Wildman–Crippen LogP) is 3.33. The number of ether oxygens (including phenoxy) is 1. The number of benzene rings is 2. The van der Waals surface area contributed by atoms with Crippen LogP contribution in [0.5, 0.6) is 11.5 Å². The van der Waals surface area contributed by atoms with Crippen molar-refractivity contribution in [3.05, 3.63) is 60.4 Å². The van der Waals surface area contributed by atoms with Crippen LogP contribution in [0.3, 0.4) is 0 Å². The highest BCUT2D eigenvalue weighted by atomic mass is 16.5. The molecule has 3 rings (SSSR count). The Labute approximate surface area is 110 Å². The van der Waals surface area contributed by atoms with Crippen LogP contribution in [0.4, 0.5) is 5.69 Å². The molecule has 0 aliphatic carbocycles. The van der Waals surface area contributed by atoms with Crippen molar-refractivity contribution in [2.24, 2.45) is 0 Å². The Morgan fingerprint density at radius 2 is 1.84 bits per heavy atom. The summed E-state index contributed by atoms with van der Waals surface area (Å²) in [5.41, 5.74) is 1.56. The molecule has 4 heteroatoms. The van der Waals surface area contributed by atoms with Crippen LogP contribution >= 0.6 is 0 Å². The van der Waals surface area contributed by atoms with E-state index in [-0.39, 0.29) is 11.5 Å². The number of hydrogen-bond donors (Lipinski definition) is 2. The van der Waals surface area contributed by atoms with E-state index in [1.807, 2.05) is 30.3 Å². The monoisotopic (exact) mass is 253 g/mol. The lowest BCUT2D eigenvalue weighted by molar-refractivity contribution is -0.110. The number of carbonyl (C=O) groups excluding carboxylic acids is 1. The van der Waals surface area contributed by atoms with E-state index < -0.39 is 0 Å². The van der Waals surface area contributed by atoms with Gasteiger partial charge in [-0.2, -0.15) is 0 Å². The number of nitrogens with one attached hydrogen (secondary N) is 1.